The van der Waals surface area contributed by atoms with Crippen LogP contribution in [0.3, 0.4) is 0 Å². The highest BCUT2D eigenvalue weighted by atomic mass is 32.2. The first-order chi connectivity index (χ1) is 8.37. The van der Waals surface area contributed by atoms with E-state index in [1.54, 1.807) is 0 Å². The van der Waals surface area contributed by atoms with Crippen LogP contribution < -0.4 is 5.48 Å². The van der Waals surface area contributed by atoms with Crippen molar-refractivity contribution in [2.45, 2.75) is 24.2 Å². The molecule has 0 unspecified atom stereocenters. The predicted molar refractivity (Wildman–Crippen MR) is 54.9 cm³/mol. The topological polar surface area (TPSA) is 34.4 Å². The van der Waals surface area contributed by atoms with Crippen LogP contribution in [0.2, 0.25) is 0 Å². The van der Waals surface area contributed by atoms with Gasteiger partial charge < -0.3 is 4.42 Å². The lowest BCUT2D eigenvalue weighted by atomic mass is 10.4. The van der Waals surface area contributed by atoms with Gasteiger partial charge in [0.2, 0.25) is 0 Å². The van der Waals surface area contributed by atoms with Gasteiger partial charge in [0.05, 0.1) is 12.3 Å². The number of hydroxylamine groups is 1. The summed E-state index contributed by atoms with van der Waals surface area (Å²) in [6, 6.07) is 2.96. The maximum absolute atomic E-state index is 11.9. The molecule has 9 heteroatoms. The van der Waals surface area contributed by atoms with E-state index in [-0.39, 0.29) is 12.3 Å². The van der Waals surface area contributed by atoms with Crippen LogP contribution in [0, 0.1) is 0 Å². The summed E-state index contributed by atoms with van der Waals surface area (Å²) >= 11 is 0.402. The Morgan fingerprint density at radius 2 is 1.94 bits per heavy atom. The number of alkyl halides is 5. The number of halogens is 5. The van der Waals surface area contributed by atoms with Gasteiger partial charge in [-0.05, 0) is 12.1 Å². The smallest absolute Gasteiger partial charge is 0.413 e. The molecule has 18 heavy (non-hydrogen) atoms. The minimum Gasteiger partial charge on any atom is -0.464 e. The summed E-state index contributed by atoms with van der Waals surface area (Å²) < 4.78 is 63.9. The lowest BCUT2D eigenvalue weighted by Gasteiger charge is -2.07. The SMILES string of the molecule is FC(F)SCc1ccc(CNOCC(F)(F)F)o1. The molecule has 0 amide bonds. The molecule has 0 aliphatic heterocycles. The van der Waals surface area contributed by atoms with Crippen molar-refractivity contribution in [2.75, 3.05) is 6.61 Å². The molecule has 1 aromatic rings. The van der Waals surface area contributed by atoms with Gasteiger partial charge in [0, 0.05) is 0 Å². The van der Waals surface area contributed by atoms with E-state index in [1.165, 1.54) is 12.1 Å². The van der Waals surface area contributed by atoms with E-state index in [0.717, 1.165) is 0 Å². The summed E-state index contributed by atoms with van der Waals surface area (Å²) in [5.74, 6) is -1.86. The molecular formula is C9H10F5NO2S. The molecule has 0 aromatic carbocycles. The molecule has 0 atom stereocenters. The summed E-state index contributed by atoms with van der Waals surface area (Å²) in [4.78, 5) is 4.15. The van der Waals surface area contributed by atoms with Crippen molar-refractivity contribution < 1.29 is 31.2 Å². The van der Waals surface area contributed by atoms with Crippen LogP contribution in [0.5, 0.6) is 0 Å². The van der Waals surface area contributed by atoms with Crippen LogP contribution in [-0.2, 0) is 17.1 Å². The Kier molecular flexibility index (Phi) is 5.89. The zero-order valence-electron chi connectivity index (χ0n) is 8.97. The van der Waals surface area contributed by atoms with Gasteiger partial charge in [0.15, 0.2) is 6.61 Å². The Balaban J connectivity index is 2.23. The van der Waals surface area contributed by atoms with E-state index in [0.29, 0.717) is 23.3 Å². The first-order valence-electron chi connectivity index (χ1n) is 4.75. The predicted octanol–water partition coefficient (Wildman–Crippen LogP) is 3.32. The molecule has 0 fully saturated rings. The maximum Gasteiger partial charge on any atom is 0.413 e. The second kappa shape index (κ2) is 6.95. The molecular weight excluding hydrogens is 281 g/mol. The fourth-order valence-corrected chi connectivity index (χ4v) is 1.44. The largest absolute Gasteiger partial charge is 0.464 e. The number of thioether (sulfide) groups is 1. The van der Waals surface area contributed by atoms with Crippen molar-refractivity contribution in [1.29, 1.82) is 0 Å². The van der Waals surface area contributed by atoms with Crippen molar-refractivity contribution in [3.8, 4) is 0 Å². The molecule has 0 bridgehead atoms. The minimum absolute atomic E-state index is 0.00107. The van der Waals surface area contributed by atoms with Crippen LogP contribution in [-0.4, -0.2) is 18.5 Å². The van der Waals surface area contributed by atoms with E-state index in [9.17, 15) is 22.0 Å². The van der Waals surface area contributed by atoms with Gasteiger partial charge in [-0.3, -0.25) is 4.84 Å². The van der Waals surface area contributed by atoms with Crippen molar-refractivity contribution in [3.05, 3.63) is 23.7 Å². The van der Waals surface area contributed by atoms with Crippen molar-refractivity contribution in [1.82, 2.24) is 5.48 Å². The molecule has 0 saturated heterocycles. The van der Waals surface area contributed by atoms with Gasteiger partial charge in [-0.2, -0.15) is 27.4 Å². The monoisotopic (exact) mass is 291 g/mol. The summed E-state index contributed by atoms with van der Waals surface area (Å²) in [6.45, 7) is -1.49. The van der Waals surface area contributed by atoms with E-state index < -0.39 is 18.5 Å². The Hall–Kier alpha value is -0.800. The second-order valence-corrected chi connectivity index (χ2v) is 4.14. The summed E-state index contributed by atoms with van der Waals surface area (Å²) in [5.41, 5.74) is 2.07. The molecule has 0 saturated carbocycles. The van der Waals surface area contributed by atoms with Crippen LogP contribution in [0.1, 0.15) is 11.5 Å². The zero-order chi connectivity index (χ0) is 13.6. The standard InChI is InChI=1S/C9H10F5NO2S/c10-8(11)18-4-7-2-1-6(17-7)3-15-16-5-9(12,13)14/h1-2,8,15H,3-5H2. The van der Waals surface area contributed by atoms with Gasteiger partial charge >= 0.3 is 6.18 Å². The average molecular weight is 291 g/mol. The molecule has 1 rings (SSSR count). The molecule has 0 aliphatic rings. The fraction of sp³-hybridized carbons (Fsp3) is 0.556. The second-order valence-electron chi connectivity index (χ2n) is 3.16. The van der Waals surface area contributed by atoms with Gasteiger partial charge in [0.25, 0.3) is 5.76 Å². The number of nitrogens with one attached hydrogen (secondary N) is 1. The summed E-state index contributed by atoms with van der Waals surface area (Å²) in [5, 5.41) is 0. The van der Waals surface area contributed by atoms with Gasteiger partial charge in [-0.15, -0.1) is 0 Å². The number of hydrogen-bond donors (Lipinski definition) is 1. The zero-order valence-corrected chi connectivity index (χ0v) is 9.78. The van der Waals surface area contributed by atoms with Gasteiger partial charge in [-0.1, -0.05) is 11.8 Å². The van der Waals surface area contributed by atoms with Gasteiger partial charge in [0.1, 0.15) is 11.5 Å². The van der Waals surface area contributed by atoms with Crippen LogP contribution in [0.15, 0.2) is 16.5 Å². The molecule has 104 valence electrons. The van der Waals surface area contributed by atoms with E-state index >= 15 is 0 Å². The normalized spacial score (nSPS) is 12.3. The third-order valence-corrected chi connectivity index (χ3v) is 2.36. The molecule has 0 spiro atoms. The maximum atomic E-state index is 11.9. The lowest BCUT2D eigenvalue weighted by Crippen LogP contribution is -2.24. The molecule has 1 heterocycles. The Morgan fingerprint density at radius 1 is 1.28 bits per heavy atom. The quantitative estimate of drug-likeness (QED) is 0.475. The van der Waals surface area contributed by atoms with E-state index in [4.69, 9.17) is 4.42 Å². The van der Waals surface area contributed by atoms with Gasteiger partial charge in [-0.25, -0.2) is 0 Å². The minimum atomic E-state index is -4.41. The third kappa shape index (κ3) is 6.82. The van der Waals surface area contributed by atoms with Crippen molar-refractivity contribution in [3.63, 3.8) is 0 Å². The van der Waals surface area contributed by atoms with E-state index in [1.807, 2.05) is 0 Å². The van der Waals surface area contributed by atoms with Crippen LogP contribution >= 0.6 is 11.8 Å². The number of rotatable bonds is 7. The Labute approximate surface area is 104 Å². The van der Waals surface area contributed by atoms with Crippen LogP contribution in [0.4, 0.5) is 22.0 Å². The highest BCUT2D eigenvalue weighted by molar-refractivity contribution is 7.98. The van der Waals surface area contributed by atoms with Crippen molar-refractivity contribution >= 4 is 11.8 Å². The first kappa shape index (κ1) is 15.3. The molecule has 1 aromatic heterocycles. The lowest BCUT2D eigenvalue weighted by molar-refractivity contribution is -0.190. The summed E-state index contributed by atoms with van der Waals surface area (Å²) in [7, 11) is 0. The van der Waals surface area contributed by atoms with Crippen LogP contribution in [0.25, 0.3) is 0 Å². The first-order valence-corrected chi connectivity index (χ1v) is 5.80. The number of furan rings is 1. The molecule has 0 aliphatic carbocycles. The highest BCUT2D eigenvalue weighted by Crippen LogP contribution is 2.21. The molecule has 3 nitrogen and oxygen atoms in total. The summed E-state index contributed by atoms with van der Waals surface area (Å²) in [6.07, 6.45) is -4.41. The van der Waals surface area contributed by atoms with Crippen molar-refractivity contribution in [2.24, 2.45) is 0 Å². The number of hydrogen-bond acceptors (Lipinski definition) is 4. The fourth-order valence-electron chi connectivity index (χ4n) is 0.995. The molecule has 0 radical (unpaired) electrons. The Morgan fingerprint density at radius 3 is 2.56 bits per heavy atom. The highest BCUT2D eigenvalue weighted by Gasteiger charge is 2.27. The average Bonchev–Trinajstić information content (AvgIpc) is 2.68. The molecule has 1 N–H and O–H groups in total. The third-order valence-electron chi connectivity index (χ3n) is 1.65. The van der Waals surface area contributed by atoms with E-state index in [2.05, 4.69) is 10.3 Å². The Bertz CT molecular complexity index is 355.